The minimum atomic E-state index is -1.41. The number of carbonyl (C=O) groups is 1. The lowest BCUT2D eigenvalue weighted by atomic mass is 9.79. The summed E-state index contributed by atoms with van der Waals surface area (Å²) in [5.41, 5.74) is 1.21. The van der Waals surface area contributed by atoms with Crippen LogP contribution >= 0.6 is 34.8 Å². The molecule has 2 aliphatic heterocycles. The second kappa shape index (κ2) is 8.99. The van der Waals surface area contributed by atoms with E-state index in [-0.39, 0.29) is 11.5 Å². The molecule has 3 atom stereocenters. The summed E-state index contributed by atoms with van der Waals surface area (Å²) in [5.74, 6) is -0.537. The largest absolute Gasteiger partial charge is 0.487 e. The van der Waals surface area contributed by atoms with Gasteiger partial charge >= 0.3 is 0 Å². The summed E-state index contributed by atoms with van der Waals surface area (Å²) in [6.45, 7) is 0.489. The molecular formula is C25H20Cl3N3O4. The lowest BCUT2D eigenvalue weighted by Crippen LogP contribution is -2.54. The van der Waals surface area contributed by atoms with Crippen LogP contribution in [0.25, 0.3) is 0 Å². The van der Waals surface area contributed by atoms with E-state index < -0.39 is 23.4 Å². The van der Waals surface area contributed by atoms with Crippen LogP contribution in [0.5, 0.6) is 5.75 Å². The molecule has 180 valence electrons. The van der Waals surface area contributed by atoms with Crippen LogP contribution in [0, 0.1) is 10.1 Å². The molecule has 1 spiro atoms. The lowest BCUT2D eigenvalue weighted by molar-refractivity contribution is -0.534. The number of fused-ring (bicyclic) bond motifs is 2. The molecule has 0 aromatic heterocycles. The van der Waals surface area contributed by atoms with Gasteiger partial charge in [0.15, 0.2) is 5.54 Å². The Labute approximate surface area is 216 Å². The number of hydrogen-bond acceptors (Lipinski definition) is 5. The molecule has 1 fully saturated rings. The molecule has 1 amide bonds. The minimum absolute atomic E-state index is 0.179. The van der Waals surface area contributed by atoms with Crippen molar-refractivity contribution in [3.63, 3.8) is 0 Å². The maximum absolute atomic E-state index is 13.2. The number of nitrogens with one attached hydrogen (secondary N) is 1. The molecule has 10 heteroatoms. The Morgan fingerprint density at radius 1 is 1.11 bits per heavy atom. The van der Waals surface area contributed by atoms with Gasteiger partial charge in [0.25, 0.3) is 11.9 Å². The van der Waals surface area contributed by atoms with Crippen molar-refractivity contribution in [2.45, 2.75) is 24.1 Å². The van der Waals surface area contributed by atoms with Crippen LogP contribution in [0.2, 0.25) is 15.1 Å². The highest BCUT2D eigenvalue weighted by molar-refractivity contribution is 6.35. The van der Waals surface area contributed by atoms with E-state index in [1.807, 2.05) is 0 Å². The van der Waals surface area contributed by atoms with Gasteiger partial charge in [0.05, 0.1) is 10.9 Å². The lowest BCUT2D eigenvalue weighted by Gasteiger charge is -2.30. The Morgan fingerprint density at radius 3 is 2.60 bits per heavy atom. The summed E-state index contributed by atoms with van der Waals surface area (Å²) in [7, 11) is 1.74. The number of nitro groups is 1. The summed E-state index contributed by atoms with van der Waals surface area (Å²) in [6, 6.07) is 16.2. The molecule has 3 aromatic rings. The summed E-state index contributed by atoms with van der Waals surface area (Å²) in [4.78, 5) is 27.1. The molecule has 1 saturated heterocycles. The second-order valence-electron chi connectivity index (χ2n) is 8.70. The summed E-state index contributed by atoms with van der Waals surface area (Å²) in [5, 5.41) is 16.6. The van der Waals surface area contributed by atoms with E-state index in [1.54, 1.807) is 72.6 Å². The monoisotopic (exact) mass is 531 g/mol. The van der Waals surface area contributed by atoms with Gasteiger partial charge in [-0.2, -0.15) is 0 Å². The van der Waals surface area contributed by atoms with Crippen molar-refractivity contribution in [3.05, 3.63) is 103 Å². The van der Waals surface area contributed by atoms with Crippen LogP contribution in [0.4, 0.5) is 5.69 Å². The van der Waals surface area contributed by atoms with Gasteiger partial charge in [0.1, 0.15) is 12.4 Å². The van der Waals surface area contributed by atoms with E-state index in [9.17, 15) is 14.9 Å². The topological polar surface area (TPSA) is 84.7 Å². The molecule has 2 aliphatic rings. The van der Waals surface area contributed by atoms with Gasteiger partial charge in [-0.25, -0.2) is 0 Å². The predicted octanol–water partition coefficient (Wildman–Crippen LogP) is 5.75. The summed E-state index contributed by atoms with van der Waals surface area (Å²) >= 11 is 18.7. The molecule has 1 N–H and O–H groups in total. The van der Waals surface area contributed by atoms with Gasteiger partial charge in [0.2, 0.25) is 0 Å². The molecule has 35 heavy (non-hydrogen) atoms. The zero-order chi connectivity index (χ0) is 24.9. The van der Waals surface area contributed by atoms with Crippen molar-refractivity contribution >= 4 is 46.4 Å². The third-order valence-corrected chi connectivity index (χ3v) is 7.71. The molecule has 0 radical (unpaired) electrons. The summed E-state index contributed by atoms with van der Waals surface area (Å²) in [6.07, 6.45) is 0. The van der Waals surface area contributed by atoms with Gasteiger partial charge in [-0.3, -0.25) is 19.8 Å². The van der Waals surface area contributed by atoms with E-state index in [0.717, 1.165) is 5.56 Å². The Kier molecular flexibility index (Phi) is 6.13. The average Bonchev–Trinajstić information content (AvgIpc) is 3.29. The highest BCUT2D eigenvalue weighted by atomic mass is 35.5. The first kappa shape index (κ1) is 23.9. The first-order valence-corrected chi connectivity index (χ1v) is 12.0. The van der Waals surface area contributed by atoms with Crippen molar-refractivity contribution in [2.24, 2.45) is 0 Å². The highest BCUT2D eigenvalue weighted by Gasteiger charge is 2.68. The molecule has 0 bridgehead atoms. The van der Waals surface area contributed by atoms with Crippen LogP contribution in [-0.2, 0) is 16.9 Å². The highest BCUT2D eigenvalue weighted by Crippen LogP contribution is 2.52. The van der Waals surface area contributed by atoms with E-state index in [1.165, 1.54) is 0 Å². The molecule has 2 heterocycles. The van der Waals surface area contributed by atoms with Crippen LogP contribution in [0.15, 0.2) is 60.7 Å². The molecule has 0 aliphatic carbocycles. The van der Waals surface area contributed by atoms with Crippen LogP contribution in [-0.4, -0.2) is 35.4 Å². The number of halogens is 3. The summed E-state index contributed by atoms with van der Waals surface area (Å²) < 4.78 is 5.85. The SMILES string of the molecule is CN1C[C@H](c2ccc(OCc3ccc(Cl)cc3Cl)c(Cl)c2)[C@H]([N+](=O)[O-])[C@]12C(=O)Nc1ccccc12. The number of hydrogen-bond donors (Lipinski definition) is 1. The van der Waals surface area contributed by atoms with Crippen molar-refractivity contribution < 1.29 is 14.5 Å². The number of nitrogens with zero attached hydrogens (tertiary/aromatic N) is 2. The van der Waals surface area contributed by atoms with Crippen molar-refractivity contribution in [1.29, 1.82) is 0 Å². The quantitative estimate of drug-likeness (QED) is 0.334. The maximum Gasteiger partial charge on any atom is 0.256 e. The number of likely N-dealkylation sites (tertiary alicyclic amines) is 1. The molecule has 0 unspecified atom stereocenters. The molecular weight excluding hydrogens is 513 g/mol. The number of rotatable bonds is 5. The van der Waals surface area contributed by atoms with Crippen molar-refractivity contribution in [2.75, 3.05) is 18.9 Å². The Hall–Kier alpha value is -2.84. The zero-order valence-corrected chi connectivity index (χ0v) is 20.8. The van der Waals surface area contributed by atoms with E-state index in [2.05, 4.69) is 5.32 Å². The Balaban J connectivity index is 1.46. The van der Waals surface area contributed by atoms with Gasteiger partial charge in [-0.1, -0.05) is 65.1 Å². The third kappa shape index (κ3) is 3.83. The van der Waals surface area contributed by atoms with Crippen molar-refractivity contribution in [1.82, 2.24) is 4.90 Å². The van der Waals surface area contributed by atoms with E-state index in [0.29, 0.717) is 44.2 Å². The van der Waals surface area contributed by atoms with E-state index >= 15 is 0 Å². The fraction of sp³-hybridized carbons (Fsp3) is 0.240. The molecule has 5 rings (SSSR count). The predicted molar refractivity (Wildman–Crippen MR) is 135 cm³/mol. The second-order valence-corrected chi connectivity index (χ2v) is 9.95. The van der Waals surface area contributed by atoms with Gasteiger partial charge in [-0.15, -0.1) is 0 Å². The maximum atomic E-state index is 13.2. The van der Waals surface area contributed by atoms with Crippen LogP contribution in [0.1, 0.15) is 22.6 Å². The fourth-order valence-corrected chi connectivity index (χ4v) is 5.95. The van der Waals surface area contributed by atoms with Gasteiger partial charge in [-0.05, 0) is 42.9 Å². The average molecular weight is 533 g/mol. The Morgan fingerprint density at radius 2 is 1.89 bits per heavy atom. The Bertz CT molecular complexity index is 1350. The smallest absolute Gasteiger partial charge is 0.256 e. The number of anilines is 1. The third-order valence-electron chi connectivity index (χ3n) is 6.82. The number of para-hydroxylation sites is 1. The standard InChI is InChI=1S/C25H20Cl3N3O4/c1-30-12-17(23(31(33)34)25(30)18-4-2-3-5-21(18)29-24(25)32)14-7-9-22(20(28)10-14)35-13-15-6-8-16(26)11-19(15)27/h2-11,17,23H,12-13H2,1H3,(H,29,32)/t17-,23+,25-/m1/s1. The molecule has 3 aromatic carbocycles. The molecule has 0 saturated carbocycles. The number of carbonyl (C=O) groups excluding carboxylic acids is 1. The van der Waals surface area contributed by atoms with Crippen LogP contribution < -0.4 is 10.1 Å². The first-order chi connectivity index (χ1) is 16.7. The molecule has 7 nitrogen and oxygen atoms in total. The number of likely N-dealkylation sites (N-methyl/N-ethyl adjacent to an activating group) is 1. The minimum Gasteiger partial charge on any atom is -0.487 e. The van der Waals surface area contributed by atoms with Crippen molar-refractivity contribution in [3.8, 4) is 5.75 Å². The normalized spacial score (nSPS) is 23.4. The number of ether oxygens (including phenoxy) is 1. The zero-order valence-electron chi connectivity index (χ0n) is 18.5. The van der Waals surface area contributed by atoms with E-state index in [4.69, 9.17) is 39.5 Å². The number of benzene rings is 3. The fourth-order valence-electron chi connectivity index (χ4n) is 5.24. The van der Waals surface area contributed by atoms with Gasteiger partial charge in [0, 0.05) is 38.3 Å². The van der Waals surface area contributed by atoms with Crippen LogP contribution in [0.3, 0.4) is 0 Å². The first-order valence-electron chi connectivity index (χ1n) is 10.9. The number of amides is 1. The van der Waals surface area contributed by atoms with Gasteiger partial charge < -0.3 is 10.1 Å².